The summed E-state index contributed by atoms with van der Waals surface area (Å²) in [5.74, 6) is -3.38. The van der Waals surface area contributed by atoms with E-state index in [4.69, 9.17) is 14.2 Å². The van der Waals surface area contributed by atoms with Crippen molar-refractivity contribution >= 4 is 32.7 Å². The van der Waals surface area contributed by atoms with E-state index in [9.17, 15) is 50.8 Å². The molecular weight excluding hydrogens is 726 g/mol. The van der Waals surface area contributed by atoms with E-state index in [1.165, 1.54) is 0 Å². The van der Waals surface area contributed by atoms with Gasteiger partial charge in [0.15, 0.2) is 12.4 Å². The molecule has 1 saturated heterocycles. The second kappa shape index (κ2) is 16.5. The molecule has 5 fully saturated rings. The Bertz CT molecular complexity index is 1490. The van der Waals surface area contributed by atoms with Crippen LogP contribution in [-0.2, 0) is 53.0 Å². The summed E-state index contributed by atoms with van der Waals surface area (Å²) in [6.07, 6.45) is -8.49. The van der Waals surface area contributed by atoms with Gasteiger partial charge in [0.05, 0.1) is 24.7 Å². The number of aliphatic carboxylic acids is 1. The molecule has 16 nitrogen and oxygen atoms in total. The van der Waals surface area contributed by atoms with Crippen molar-refractivity contribution in [3.05, 3.63) is 12.2 Å². The number of carbonyl (C=O) groups excluding carboxylic acids is 1. The van der Waals surface area contributed by atoms with Gasteiger partial charge >= 0.3 is 71.1 Å². The van der Waals surface area contributed by atoms with Crippen LogP contribution < -0.4 is 59.1 Å². The Morgan fingerprint density at radius 3 is 2.20 bits per heavy atom. The van der Waals surface area contributed by atoms with E-state index >= 15 is 0 Å². The fourth-order valence-corrected chi connectivity index (χ4v) is 10.8. The molecule has 50 heavy (non-hydrogen) atoms. The number of hydrogen-bond acceptors (Lipinski definition) is 15. The van der Waals surface area contributed by atoms with Gasteiger partial charge in [-0.1, -0.05) is 27.4 Å². The summed E-state index contributed by atoms with van der Waals surface area (Å²) in [6, 6.07) is 0. The zero-order valence-corrected chi connectivity index (χ0v) is 34.6. The molecule has 3 N–H and O–H groups in total. The predicted octanol–water partition coefficient (Wildman–Crippen LogP) is -5.01. The molecule has 274 valence electrons. The Morgan fingerprint density at radius 1 is 1.02 bits per heavy atom. The van der Waals surface area contributed by atoms with Gasteiger partial charge in [0.25, 0.3) is 0 Å². The third kappa shape index (κ3) is 9.03. The fraction of sp³-hybridized carbons (Fsp3) is 0.867. The van der Waals surface area contributed by atoms with Crippen LogP contribution in [0.15, 0.2) is 12.2 Å². The van der Waals surface area contributed by atoms with E-state index in [2.05, 4.69) is 14.9 Å². The number of hydrogen-bond donors (Lipinski definition) is 3. The number of ether oxygens (including phenoxy) is 3. The summed E-state index contributed by atoms with van der Waals surface area (Å²) in [5.41, 5.74) is -0.359. The molecule has 1 aliphatic heterocycles. The van der Waals surface area contributed by atoms with Crippen LogP contribution >= 0.6 is 0 Å². The maximum absolute atomic E-state index is 12.9. The van der Waals surface area contributed by atoms with Gasteiger partial charge < -0.3 is 38.6 Å². The molecule has 0 aromatic carbocycles. The average molecular weight is 771 g/mol. The topological polar surface area (TPSA) is 255 Å². The smallest absolute Gasteiger partial charge is 0.726 e. The van der Waals surface area contributed by atoms with Crippen molar-refractivity contribution in [3.8, 4) is 0 Å². The maximum Gasteiger partial charge on any atom is 1.00 e. The van der Waals surface area contributed by atoms with Crippen LogP contribution in [0.4, 0.5) is 0 Å². The molecule has 5 rings (SSSR count). The summed E-state index contributed by atoms with van der Waals surface area (Å²) in [6.45, 7) is 8.41. The Hall–Kier alpha value is 0.260. The number of carbonyl (C=O) groups is 2. The zero-order chi connectivity index (χ0) is 35.6. The molecule has 4 aliphatic carbocycles. The zero-order valence-electron chi connectivity index (χ0n) is 29.0. The van der Waals surface area contributed by atoms with E-state index in [0.29, 0.717) is 12.8 Å². The van der Waals surface area contributed by atoms with E-state index in [1.54, 1.807) is 13.8 Å². The first-order valence-corrected chi connectivity index (χ1v) is 18.8. The molecule has 1 spiro atoms. The molecule has 4 saturated carbocycles. The standard InChI is InChI=1S/C30H46O16S2.2Na/c1-14(2)9-22(32)44-25-24(46-48(39,40)41)23(45-47(36,37)38)20(13-31)43-28(25)42-17-10-18(27(34)35)19-7-8-30-11-16(15(3)26(30)33)5-6-21(30)29(19,4)12-17;;/h14,16-21,23-26,28,31,33H,3,5-13H2,1-2,4H3,(H,34,35)(H,36,37,38)(H,39,40,41);;/q;2*+1/p-2/t16-,17-,18-,19-,20-,21?,23-,24+,25-,26+,28-,29-,30-;;/m1../s1. The summed E-state index contributed by atoms with van der Waals surface area (Å²) < 4.78 is 96.9. The Morgan fingerprint density at radius 2 is 1.64 bits per heavy atom. The minimum absolute atomic E-state index is 0. The van der Waals surface area contributed by atoms with E-state index in [0.717, 1.165) is 24.8 Å². The van der Waals surface area contributed by atoms with Crippen LogP contribution in [0.5, 0.6) is 0 Å². The van der Waals surface area contributed by atoms with Gasteiger partial charge in [-0.05, 0) is 79.6 Å². The van der Waals surface area contributed by atoms with E-state index in [1.807, 2.05) is 6.92 Å². The Labute approximate surface area is 336 Å². The molecule has 0 aromatic rings. The van der Waals surface area contributed by atoms with Gasteiger partial charge in [-0.15, -0.1) is 0 Å². The van der Waals surface area contributed by atoms with Crippen molar-refractivity contribution in [2.45, 2.75) is 115 Å². The normalized spacial score (nSPS) is 41.3. The van der Waals surface area contributed by atoms with Gasteiger partial charge in [0.2, 0.25) is 20.8 Å². The molecule has 1 unspecified atom stereocenters. The second-order valence-electron chi connectivity index (χ2n) is 14.8. The largest absolute Gasteiger partial charge is 1.00 e. The number of carboxylic acids is 1. The van der Waals surface area contributed by atoms with Crippen LogP contribution in [0.2, 0.25) is 0 Å². The number of aliphatic hydroxyl groups is 2. The average Bonchev–Trinajstić information content (AvgIpc) is 3.12. The molecule has 1 heterocycles. The SMILES string of the molecule is C=C1[C@@H]2CCC3[C@@](CC[C@@H]4[C@H](C(=O)O)C[C@@H](O[C@@H]5O[C@H](CO)[C@@H](OS(=O)(=O)[O-])[C@H](OS(=O)(=O)[O-])[C@H]5OC(=O)CC(C)C)C[C@@]34C)(C2)[C@H]1O.[Na+].[Na+]. The van der Waals surface area contributed by atoms with Gasteiger partial charge in [-0.25, -0.2) is 16.8 Å². The minimum atomic E-state index is -5.69. The number of fused-ring (bicyclic) bond motifs is 3. The van der Waals surface area contributed by atoms with Gasteiger partial charge in [0.1, 0.15) is 18.3 Å². The first-order valence-electron chi connectivity index (χ1n) is 16.2. The summed E-state index contributed by atoms with van der Waals surface area (Å²) in [5, 5.41) is 31.9. The second-order valence-corrected chi connectivity index (χ2v) is 16.8. The van der Waals surface area contributed by atoms with Crippen molar-refractivity contribution in [1.29, 1.82) is 0 Å². The van der Waals surface area contributed by atoms with Crippen molar-refractivity contribution < 1.29 is 133 Å². The summed E-state index contributed by atoms with van der Waals surface area (Å²) in [7, 11) is -11.3. The predicted molar refractivity (Wildman–Crippen MR) is 159 cm³/mol. The van der Waals surface area contributed by atoms with Crippen molar-refractivity contribution in [2.75, 3.05) is 6.61 Å². The Kier molecular flexibility index (Phi) is 14.8. The van der Waals surface area contributed by atoms with Crippen LogP contribution in [0.3, 0.4) is 0 Å². The molecule has 0 amide bonds. The molecule has 0 aromatic heterocycles. The number of aliphatic hydroxyl groups excluding tert-OH is 2. The molecule has 5 aliphatic rings. The third-order valence-corrected chi connectivity index (χ3v) is 12.4. The molecular formula is C30H44Na2O16S2. The number of esters is 1. The fourth-order valence-electron chi connectivity index (χ4n) is 9.81. The Balaban J connectivity index is 0.00000338. The quantitative estimate of drug-likeness (QED) is 0.0444. The monoisotopic (exact) mass is 770 g/mol. The minimum Gasteiger partial charge on any atom is -0.726 e. The van der Waals surface area contributed by atoms with E-state index in [-0.39, 0.29) is 102 Å². The molecule has 20 heteroatoms. The molecule has 0 radical (unpaired) electrons. The van der Waals surface area contributed by atoms with Crippen LogP contribution in [0.25, 0.3) is 0 Å². The third-order valence-electron chi connectivity index (χ3n) is 11.5. The van der Waals surface area contributed by atoms with Gasteiger partial charge in [-0.2, -0.15) is 0 Å². The van der Waals surface area contributed by atoms with Crippen molar-refractivity contribution in [1.82, 2.24) is 0 Å². The van der Waals surface area contributed by atoms with E-state index < -0.39 is 99.0 Å². The first kappa shape index (κ1) is 44.7. The number of rotatable bonds is 11. The van der Waals surface area contributed by atoms with Crippen molar-refractivity contribution in [3.63, 3.8) is 0 Å². The molecule has 13 atom stereocenters. The van der Waals surface area contributed by atoms with Crippen LogP contribution in [0, 0.1) is 40.4 Å². The summed E-state index contributed by atoms with van der Waals surface area (Å²) in [4.78, 5) is 25.6. The summed E-state index contributed by atoms with van der Waals surface area (Å²) >= 11 is 0. The first-order chi connectivity index (χ1) is 22.2. The van der Waals surface area contributed by atoms with Crippen LogP contribution in [-0.4, -0.2) is 103 Å². The number of carboxylic acid groups (broad SMARTS) is 1. The maximum atomic E-state index is 12.9. The van der Waals surface area contributed by atoms with Gasteiger partial charge in [-0.3, -0.25) is 18.0 Å². The van der Waals surface area contributed by atoms with Crippen molar-refractivity contribution in [2.24, 2.45) is 40.4 Å². The van der Waals surface area contributed by atoms with Crippen LogP contribution in [0.1, 0.15) is 72.1 Å². The molecule has 2 bridgehead atoms. The van der Waals surface area contributed by atoms with Gasteiger partial charge in [0, 0.05) is 11.8 Å².